The highest BCUT2D eigenvalue weighted by Crippen LogP contribution is 2.50. The standard InChI is InChI=1S/C21H20ClN3O/c22-16-5-3-15(4-6-16)21(8-9-21)20(26)25-11-7-14(13-25)18-12-24-19-17(18)2-1-10-23-19/h1-6,10,12,14H,7-9,11,13H2,(H,23,24). The summed E-state index contributed by atoms with van der Waals surface area (Å²) in [7, 11) is 0. The van der Waals surface area contributed by atoms with E-state index in [-0.39, 0.29) is 11.3 Å². The minimum absolute atomic E-state index is 0.278. The lowest BCUT2D eigenvalue weighted by Gasteiger charge is -2.23. The number of rotatable bonds is 3. The minimum atomic E-state index is -0.318. The lowest BCUT2D eigenvalue weighted by Crippen LogP contribution is -2.37. The molecule has 3 aromatic rings. The molecule has 0 bridgehead atoms. The summed E-state index contributed by atoms with van der Waals surface area (Å²) in [5.41, 5.74) is 2.99. The largest absolute Gasteiger partial charge is 0.346 e. The summed E-state index contributed by atoms with van der Waals surface area (Å²) in [6.45, 7) is 1.61. The zero-order valence-corrected chi connectivity index (χ0v) is 15.2. The molecule has 1 aliphatic carbocycles. The molecular formula is C21H20ClN3O. The molecule has 2 aliphatic rings. The lowest BCUT2D eigenvalue weighted by atomic mass is 9.94. The topological polar surface area (TPSA) is 49.0 Å². The van der Waals surface area contributed by atoms with Gasteiger partial charge in [0, 0.05) is 41.8 Å². The second kappa shape index (κ2) is 5.85. The number of likely N-dealkylation sites (tertiary alicyclic amines) is 1. The Labute approximate surface area is 157 Å². The number of benzene rings is 1. The Bertz CT molecular complexity index is 974. The molecule has 1 amide bonds. The minimum Gasteiger partial charge on any atom is -0.346 e. The van der Waals surface area contributed by atoms with Gasteiger partial charge in [-0.15, -0.1) is 0 Å². The van der Waals surface area contributed by atoms with Crippen molar-refractivity contribution in [2.45, 2.75) is 30.6 Å². The maximum atomic E-state index is 13.3. The second-order valence-corrected chi connectivity index (χ2v) is 7.91. The van der Waals surface area contributed by atoms with Crippen LogP contribution < -0.4 is 0 Å². The van der Waals surface area contributed by atoms with Crippen LogP contribution in [-0.2, 0) is 10.2 Å². The van der Waals surface area contributed by atoms with Gasteiger partial charge >= 0.3 is 0 Å². The summed E-state index contributed by atoms with van der Waals surface area (Å²) >= 11 is 6.01. The van der Waals surface area contributed by atoms with Gasteiger partial charge in [-0.05, 0) is 54.7 Å². The fourth-order valence-corrected chi connectivity index (χ4v) is 4.46. The van der Waals surface area contributed by atoms with E-state index in [1.165, 1.54) is 10.9 Å². The van der Waals surface area contributed by atoms with Crippen LogP contribution in [0.5, 0.6) is 0 Å². The number of halogens is 1. The predicted octanol–water partition coefficient (Wildman–Crippen LogP) is 4.26. The SMILES string of the molecule is O=C(N1CCC(c2c[nH]c3ncccc23)C1)C1(c2ccc(Cl)cc2)CC1. The summed E-state index contributed by atoms with van der Waals surface area (Å²) in [6.07, 6.45) is 6.74. The number of carbonyl (C=O) groups is 1. The van der Waals surface area contributed by atoms with Gasteiger partial charge in [0.25, 0.3) is 0 Å². The Balaban J connectivity index is 1.37. The van der Waals surface area contributed by atoms with Crippen molar-refractivity contribution in [3.8, 4) is 0 Å². The summed E-state index contributed by atoms with van der Waals surface area (Å²) in [5.74, 6) is 0.651. The Morgan fingerprint density at radius 2 is 2.04 bits per heavy atom. The van der Waals surface area contributed by atoms with Crippen molar-refractivity contribution in [2.75, 3.05) is 13.1 Å². The fraction of sp³-hybridized carbons (Fsp3) is 0.333. The van der Waals surface area contributed by atoms with Gasteiger partial charge in [-0.3, -0.25) is 4.79 Å². The van der Waals surface area contributed by atoms with Crippen molar-refractivity contribution in [1.29, 1.82) is 0 Å². The van der Waals surface area contributed by atoms with Gasteiger partial charge in [-0.25, -0.2) is 4.98 Å². The monoisotopic (exact) mass is 365 g/mol. The van der Waals surface area contributed by atoms with Gasteiger partial charge in [0.15, 0.2) is 0 Å². The van der Waals surface area contributed by atoms with Gasteiger partial charge in [0.05, 0.1) is 5.41 Å². The van der Waals surface area contributed by atoms with Crippen molar-refractivity contribution < 1.29 is 4.79 Å². The van der Waals surface area contributed by atoms with Gasteiger partial charge in [-0.1, -0.05) is 23.7 Å². The van der Waals surface area contributed by atoms with E-state index in [9.17, 15) is 4.79 Å². The molecule has 0 radical (unpaired) electrons. The van der Waals surface area contributed by atoms with Crippen molar-refractivity contribution in [3.05, 3.63) is 64.9 Å². The van der Waals surface area contributed by atoms with E-state index >= 15 is 0 Å². The van der Waals surface area contributed by atoms with Gasteiger partial charge in [0.2, 0.25) is 5.91 Å². The van der Waals surface area contributed by atoms with E-state index in [4.69, 9.17) is 11.6 Å². The summed E-state index contributed by atoms with van der Waals surface area (Å²) in [4.78, 5) is 23.0. The fourth-order valence-electron chi connectivity index (χ4n) is 4.34. The average Bonchev–Trinajstić information content (AvgIpc) is 3.14. The van der Waals surface area contributed by atoms with Crippen molar-refractivity contribution in [2.24, 2.45) is 0 Å². The molecule has 1 aliphatic heterocycles. The average molecular weight is 366 g/mol. The number of aromatic amines is 1. The first-order valence-electron chi connectivity index (χ1n) is 9.15. The molecule has 1 saturated heterocycles. The molecule has 1 atom stereocenters. The van der Waals surface area contributed by atoms with Crippen LogP contribution >= 0.6 is 11.6 Å². The Morgan fingerprint density at radius 3 is 2.81 bits per heavy atom. The number of carbonyl (C=O) groups excluding carboxylic acids is 1. The van der Waals surface area contributed by atoms with Crippen LogP contribution in [0.4, 0.5) is 0 Å². The van der Waals surface area contributed by atoms with Crippen LogP contribution in [0, 0.1) is 0 Å². The normalized spacial score (nSPS) is 21.3. The number of hydrogen-bond donors (Lipinski definition) is 1. The van der Waals surface area contributed by atoms with E-state index < -0.39 is 0 Å². The molecular weight excluding hydrogens is 346 g/mol. The van der Waals surface area contributed by atoms with E-state index in [0.29, 0.717) is 10.9 Å². The first-order chi connectivity index (χ1) is 12.7. The third-order valence-electron chi connectivity index (χ3n) is 5.95. The molecule has 2 aromatic heterocycles. The molecule has 1 aromatic carbocycles. The summed E-state index contributed by atoms with van der Waals surface area (Å²) < 4.78 is 0. The number of aromatic nitrogens is 2. The number of nitrogens with one attached hydrogen (secondary N) is 1. The molecule has 1 unspecified atom stereocenters. The predicted molar refractivity (Wildman–Crippen MR) is 102 cm³/mol. The smallest absolute Gasteiger partial charge is 0.233 e. The van der Waals surface area contributed by atoms with Crippen molar-refractivity contribution in [1.82, 2.24) is 14.9 Å². The third-order valence-corrected chi connectivity index (χ3v) is 6.21. The Morgan fingerprint density at radius 1 is 1.23 bits per heavy atom. The Kier molecular flexibility index (Phi) is 3.57. The van der Waals surface area contributed by atoms with Crippen LogP contribution in [0.15, 0.2) is 48.8 Å². The first-order valence-corrected chi connectivity index (χ1v) is 9.53. The van der Waals surface area contributed by atoms with E-state index in [0.717, 1.165) is 43.6 Å². The number of nitrogens with zero attached hydrogens (tertiary/aromatic N) is 2. The molecule has 0 spiro atoms. The van der Waals surface area contributed by atoms with Crippen LogP contribution in [0.3, 0.4) is 0 Å². The molecule has 5 rings (SSSR count). The van der Waals surface area contributed by atoms with E-state index in [2.05, 4.69) is 27.1 Å². The number of fused-ring (bicyclic) bond motifs is 1. The Hall–Kier alpha value is -2.33. The quantitative estimate of drug-likeness (QED) is 0.753. The molecule has 26 heavy (non-hydrogen) atoms. The van der Waals surface area contributed by atoms with Gasteiger partial charge in [0.1, 0.15) is 5.65 Å². The molecule has 2 fully saturated rings. The molecule has 132 valence electrons. The van der Waals surface area contributed by atoms with E-state index in [1.54, 1.807) is 6.20 Å². The third kappa shape index (κ3) is 2.43. The van der Waals surface area contributed by atoms with E-state index in [1.807, 2.05) is 30.3 Å². The summed E-state index contributed by atoms with van der Waals surface area (Å²) in [5, 5.41) is 1.89. The lowest BCUT2D eigenvalue weighted by molar-refractivity contribution is -0.132. The van der Waals surface area contributed by atoms with Gasteiger partial charge in [-0.2, -0.15) is 0 Å². The first kappa shape index (κ1) is 15.9. The van der Waals surface area contributed by atoms with Crippen LogP contribution in [0.1, 0.15) is 36.3 Å². The number of hydrogen-bond acceptors (Lipinski definition) is 2. The summed E-state index contributed by atoms with van der Waals surface area (Å²) in [6, 6.07) is 11.9. The van der Waals surface area contributed by atoms with Crippen molar-refractivity contribution in [3.63, 3.8) is 0 Å². The maximum Gasteiger partial charge on any atom is 0.233 e. The second-order valence-electron chi connectivity index (χ2n) is 7.47. The molecule has 4 nitrogen and oxygen atoms in total. The molecule has 1 saturated carbocycles. The van der Waals surface area contributed by atoms with Gasteiger partial charge < -0.3 is 9.88 Å². The molecule has 5 heteroatoms. The highest BCUT2D eigenvalue weighted by molar-refractivity contribution is 6.30. The zero-order valence-electron chi connectivity index (χ0n) is 14.4. The van der Waals surface area contributed by atoms with Crippen molar-refractivity contribution >= 4 is 28.5 Å². The zero-order chi connectivity index (χ0) is 17.7. The number of amides is 1. The molecule has 1 N–H and O–H groups in total. The maximum absolute atomic E-state index is 13.3. The highest BCUT2D eigenvalue weighted by atomic mass is 35.5. The molecule has 3 heterocycles. The van der Waals surface area contributed by atoms with Crippen LogP contribution in [0.2, 0.25) is 5.02 Å². The number of H-pyrrole nitrogens is 1. The number of pyridine rings is 1. The van der Waals surface area contributed by atoms with Crippen LogP contribution in [0.25, 0.3) is 11.0 Å². The van der Waals surface area contributed by atoms with Crippen LogP contribution in [-0.4, -0.2) is 33.9 Å². The highest BCUT2D eigenvalue weighted by Gasteiger charge is 2.53.